The van der Waals surface area contributed by atoms with Crippen LogP contribution in [0.5, 0.6) is 0 Å². The smallest absolute Gasteiger partial charge is 0.0648 e. The lowest BCUT2D eigenvalue weighted by Crippen LogP contribution is -2.56. The zero-order valence-corrected chi connectivity index (χ0v) is 21.6. The molecule has 180 valence electrons. The van der Waals surface area contributed by atoms with Crippen molar-refractivity contribution in [3.05, 3.63) is 0 Å². The van der Waals surface area contributed by atoms with E-state index in [0.29, 0.717) is 10.8 Å². The van der Waals surface area contributed by atoms with Gasteiger partial charge in [-0.3, -0.25) is 0 Å². The van der Waals surface area contributed by atoms with Crippen LogP contribution in [0.3, 0.4) is 0 Å². The predicted molar refractivity (Wildman–Crippen MR) is 130 cm³/mol. The van der Waals surface area contributed by atoms with Crippen molar-refractivity contribution in [1.82, 2.24) is 0 Å². The van der Waals surface area contributed by atoms with Gasteiger partial charge in [-0.25, -0.2) is 0 Å². The van der Waals surface area contributed by atoms with Gasteiger partial charge in [0.15, 0.2) is 0 Å². The quantitative estimate of drug-likeness (QED) is 0.460. The van der Waals surface area contributed by atoms with Gasteiger partial charge in [-0.2, -0.15) is 0 Å². The molecule has 0 aromatic carbocycles. The van der Waals surface area contributed by atoms with E-state index in [-0.39, 0.29) is 5.60 Å². The first-order valence-corrected chi connectivity index (χ1v) is 13.9. The van der Waals surface area contributed by atoms with E-state index in [0.717, 1.165) is 67.6 Å². The summed E-state index contributed by atoms with van der Waals surface area (Å²) in [5.41, 5.74) is 0.120. The molecule has 2 N–H and O–H groups in total. The number of fused-ring (bicyclic) bond motifs is 5. The van der Waals surface area contributed by atoms with Crippen molar-refractivity contribution in [2.75, 3.05) is 0 Å². The molecule has 9 atom stereocenters. The molecule has 0 radical (unpaired) electrons. The third-order valence-corrected chi connectivity index (χ3v) is 11.7. The summed E-state index contributed by atoms with van der Waals surface area (Å²) in [5, 5.41) is 21.1. The summed E-state index contributed by atoms with van der Waals surface area (Å²) in [7, 11) is 0. The third-order valence-electron chi connectivity index (χ3n) is 11.7. The van der Waals surface area contributed by atoms with E-state index >= 15 is 0 Å². The SMILES string of the molecule is CC[C@]1(O)CC[C@@]2(C)[C@H](CC[C@@H]3[C@@H]2CC[C@]2(C)[C@@H]([C@H](C)CCCC(C)(C)O)CC[C@@H]32)C1. The number of hydrogen-bond donors (Lipinski definition) is 2. The van der Waals surface area contributed by atoms with Gasteiger partial charge in [0.1, 0.15) is 0 Å². The van der Waals surface area contributed by atoms with Crippen molar-refractivity contribution in [2.24, 2.45) is 46.3 Å². The van der Waals surface area contributed by atoms with Crippen molar-refractivity contribution in [2.45, 2.75) is 136 Å². The fraction of sp³-hybridized carbons (Fsp3) is 1.00. The molecular weight excluding hydrogens is 380 g/mol. The molecule has 0 bridgehead atoms. The Kier molecular flexibility index (Phi) is 6.44. The molecule has 0 amide bonds. The third kappa shape index (κ3) is 4.27. The van der Waals surface area contributed by atoms with Gasteiger partial charge < -0.3 is 10.2 Å². The van der Waals surface area contributed by atoms with Crippen molar-refractivity contribution in [3.8, 4) is 0 Å². The molecular formula is C29H52O2. The van der Waals surface area contributed by atoms with Crippen LogP contribution in [0, 0.1) is 46.3 Å². The Morgan fingerprint density at radius 2 is 1.65 bits per heavy atom. The standard InChI is InChI=1S/C29H52O2/c1-7-29(31)18-17-27(5)21(19-29)10-11-22-24-13-12-23(28(24,6)16-14-25(22)27)20(2)9-8-15-26(3,4)30/h20-25,30-31H,7-19H2,1-6H3/t20-,21-,22+,23-,24+,25+,27+,28-,29+/m1/s1. The second-order valence-electron chi connectivity index (χ2n) is 13.8. The van der Waals surface area contributed by atoms with Crippen LogP contribution in [-0.2, 0) is 0 Å². The van der Waals surface area contributed by atoms with E-state index < -0.39 is 5.60 Å². The topological polar surface area (TPSA) is 40.5 Å². The van der Waals surface area contributed by atoms with Gasteiger partial charge >= 0.3 is 0 Å². The van der Waals surface area contributed by atoms with Gasteiger partial charge in [0.25, 0.3) is 0 Å². The first-order valence-electron chi connectivity index (χ1n) is 13.9. The van der Waals surface area contributed by atoms with E-state index in [9.17, 15) is 10.2 Å². The maximum absolute atomic E-state index is 11.0. The van der Waals surface area contributed by atoms with Crippen LogP contribution in [0.15, 0.2) is 0 Å². The lowest BCUT2D eigenvalue weighted by molar-refractivity contribution is -0.152. The van der Waals surface area contributed by atoms with Gasteiger partial charge in [-0.15, -0.1) is 0 Å². The van der Waals surface area contributed by atoms with Crippen LogP contribution >= 0.6 is 0 Å². The zero-order valence-electron chi connectivity index (χ0n) is 21.6. The van der Waals surface area contributed by atoms with Gasteiger partial charge in [0, 0.05) is 0 Å². The largest absolute Gasteiger partial charge is 0.390 e. The summed E-state index contributed by atoms with van der Waals surface area (Å²) in [6.45, 7) is 13.9. The van der Waals surface area contributed by atoms with E-state index in [1.807, 2.05) is 13.8 Å². The Bertz CT molecular complexity index is 637. The molecule has 2 nitrogen and oxygen atoms in total. The van der Waals surface area contributed by atoms with Crippen LogP contribution in [0.1, 0.15) is 125 Å². The summed E-state index contributed by atoms with van der Waals surface area (Å²) in [6, 6.07) is 0. The van der Waals surface area contributed by atoms with Crippen LogP contribution in [0.25, 0.3) is 0 Å². The van der Waals surface area contributed by atoms with Crippen LogP contribution < -0.4 is 0 Å². The zero-order chi connectivity index (χ0) is 22.7. The first-order chi connectivity index (χ1) is 14.4. The summed E-state index contributed by atoms with van der Waals surface area (Å²) in [6.07, 6.45) is 16.2. The predicted octanol–water partition coefficient (Wildman–Crippen LogP) is 7.36. The normalized spacial score (nSPS) is 48.6. The van der Waals surface area contributed by atoms with E-state index in [1.165, 1.54) is 51.4 Å². The minimum absolute atomic E-state index is 0.378. The lowest BCUT2D eigenvalue weighted by atomic mass is 9.43. The molecule has 4 aliphatic carbocycles. The molecule has 4 saturated carbocycles. The molecule has 0 aromatic heterocycles. The lowest BCUT2D eigenvalue weighted by Gasteiger charge is -2.62. The maximum Gasteiger partial charge on any atom is 0.0648 e. The molecule has 0 aliphatic heterocycles. The van der Waals surface area contributed by atoms with Gasteiger partial charge in [0.2, 0.25) is 0 Å². The minimum atomic E-state index is -0.516. The average Bonchev–Trinajstić information content (AvgIpc) is 3.05. The number of rotatable bonds is 6. The summed E-state index contributed by atoms with van der Waals surface area (Å²) < 4.78 is 0. The van der Waals surface area contributed by atoms with E-state index in [4.69, 9.17) is 0 Å². The Morgan fingerprint density at radius 1 is 0.935 bits per heavy atom. The highest BCUT2D eigenvalue weighted by Crippen LogP contribution is 2.69. The number of hydrogen-bond acceptors (Lipinski definition) is 2. The molecule has 0 unspecified atom stereocenters. The second kappa shape index (κ2) is 8.30. The summed E-state index contributed by atoms with van der Waals surface area (Å²) >= 11 is 0. The highest BCUT2D eigenvalue weighted by molar-refractivity contribution is 5.10. The Hall–Kier alpha value is -0.0800. The van der Waals surface area contributed by atoms with E-state index in [1.54, 1.807) is 0 Å². The average molecular weight is 433 g/mol. The van der Waals surface area contributed by atoms with Crippen molar-refractivity contribution < 1.29 is 10.2 Å². The summed E-state index contributed by atoms with van der Waals surface area (Å²) in [5.74, 6) is 5.17. The number of aliphatic hydroxyl groups is 2. The molecule has 0 spiro atoms. The fourth-order valence-corrected chi connectivity index (χ4v) is 9.68. The van der Waals surface area contributed by atoms with Crippen LogP contribution in [0.4, 0.5) is 0 Å². The molecule has 0 aromatic rings. The van der Waals surface area contributed by atoms with Crippen LogP contribution in [-0.4, -0.2) is 21.4 Å². The maximum atomic E-state index is 11.0. The molecule has 2 heteroatoms. The first kappa shape index (κ1) is 24.1. The van der Waals surface area contributed by atoms with Crippen molar-refractivity contribution >= 4 is 0 Å². The molecule has 4 rings (SSSR count). The Morgan fingerprint density at radius 3 is 2.32 bits per heavy atom. The Labute approximate surface area is 193 Å². The molecule has 0 heterocycles. The second-order valence-corrected chi connectivity index (χ2v) is 13.8. The summed E-state index contributed by atoms with van der Waals surface area (Å²) in [4.78, 5) is 0. The van der Waals surface area contributed by atoms with Crippen molar-refractivity contribution in [1.29, 1.82) is 0 Å². The van der Waals surface area contributed by atoms with Gasteiger partial charge in [-0.05, 0) is 131 Å². The molecule has 0 saturated heterocycles. The van der Waals surface area contributed by atoms with E-state index in [2.05, 4.69) is 27.7 Å². The van der Waals surface area contributed by atoms with Crippen molar-refractivity contribution in [3.63, 3.8) is 0 Å². The molecule has 4 fully saturated rings. The molecule has 31 heavy (non-hydrogen) atoms. The fourth-order valence-electron chi connectivity index (χ4n) is 9.68. The highest BCUT2D eigenvalue weighted by atomic mass is 16.3. The minimum Gasteiger partial charge on any atom is -0.390 e. The van der Waals surface area contributed by atoms with Gasteiger partial charge in [0.05, 0.1) is 11.2 Å². The van der Waals surface area contributed by atoms with Crippen LogP contribution in [0.2, 0.25) is 0 Å². The Balaban J connectivity index is 1.45. The monoisotopic (exact) mass is 432 g/mol. The highest BCUT2D eigenvalue weighted by Gasteiger charge is 2.61. The van der Waals surface area contributed by atoms with Gasteiger partial charge in [-0.1, -0.05) is 40.5 Å². The molecule has 4 aliphatic rings.